The van der Waals surface area contributed by atoms with E-state index >= 15 is 0 Å². The van der Waals surface area contributed by atoms with Gasteiger partial charge in [-0.15, -0.1) is 0 Å². The lowest BCUT2D eigenvalue weighted by molar-refractivity contribution is -0.141. The van der Waals surface area contributed by atoms with Crippen LogP contribution >= 0.6 is 0 Å². The van der Waals surface area contributed by atoms with Crippen LogP contribution in [0.3, 0.4) is 0 Å². The van der Waals surface area contributed by atoms with E-state index in [-0.39, 0.29) is 23.8 Å². The zero-order valence-electron chi connectivity index (χ0n) is 16.9. The lowest BCUT2D eigenvalue weighted by atomic mass is 9.88. The summed E-state index contributed by atoms with van der Waals surface area (Å²) in [6, 6.07) is 10.2. The summed E-state index contributed by atoms with van der Waals surface area (Å²) in [5, 5.41) is 9.98. The molecule has 1 aliphatic rings. The van der Waals surface area contributed by atoms with E-state index in [1.165, 1.54) is 30.2 Å². The maximum atomic E-state index is 13.2. The molecule has 3 aromatic rings. The number of rotatable bonds is 6. The summed E-state index contributed by atoms with van der Waals surface area (Å²) in [5.41, 5.74) is 1.20. The third kappa shape index (κ3) is 3.68. The van der Waals surface area contributed by atoms with Crippen LogP contribution in [0.4, 0.5) is 0 Å². The molecule has 8 heteroatoms. The van der Waals surface area contributed by atoms with Crippen molar-refractivity contribution in [2.45, 2.75) is 19.5 Å². The van der Waals surface area contributed by atoms with Crippen LogP contribution in [-0.2, 0) is 16.1 Å². The van der Waals surface area contributed by atoms with Crippen molar-refractivity contribution >= 4 is 17.5 Å². The number of ether oxygens (including phenoxy) is 1. The monoisotopic (exact) mass is 420 g/mol. The number of likely N-dealkylation sites (tertiary alicyclic amines) is 1. The molecule has 1 fully saturated rings. The number of nitrogens with zero attached hydrogens (tertiary/aromatic N) is 2. The molecule has 1 aliphatic heterocycles. The number of carbonyl (C=O) groups is 3. The van der Waals surface area contributed by atoms with Crippen LogP contribution in [0.1, 0.15) is 33.5 Å². The Morgan fingerprint density at radius 1 is 1.23 bits per heavy atom. The van der Waals surface area contributed by atoms with Crippen LogP contribution in [-0.4, -0.2) is 39.6 Å². The second-order valence-electron chi connectivity index (χ2n) is 7.29. The van der Waals surface area contributed by atoms with E-state index in [0.717, 1.165) is 0 Å². The van der Waals surface area contributed by atoms with Crippen molar-refractivity contribution in [3.8, 4) is 11.5 Å². The van der Waals surface area contributed by atoms with Gasteiger partial charge in [0, 0.05) is 18.9 Å². The molecular weight excluding hydrogens is 400 g/mol. The van der Waals surface area contributed by atoms with Crippen LogP contribution in [0, 0.1) is 12.8 Å². The fourth-order valence-electron chi connectivity index (χ4n) is 3.82. The maximum Gasteiger partial charge on any atom is 0.291 e. The lowest BCUT2D eigenvalue weighted by Gasteiger charge is -2.27. The van der Waals surface area contributed by atoms with Crippen molar-refractivity contribution in [3.63, 3.8) is 0 Å². The molecular formula is C23H20N2O6. The molecule has 1 saturated heterocycles. The van der Waals surface area contributed by atoms with E-state index in [2.05, 4.69) is 4.98 Å². The molecule has 0 saturated carbocycles. The SMILES string of the molecule is COc1cc(C2C(C(=O)c3ccc(C)o3)C(=O)C(=O)N2Cc2cccnc2)ccc1O. The first-order chi connectivity index (χ1) is 14.9. The zero-order valence-corrected chi connectivity index (χ0v) is 16.9. The van der Waals surface area contributed by atoms with Gasteiger partial charge in [0.15, 0.2) is 17.3 Å². The molecule has 2 unspecified atom stereocenters. The number of phenols is 1. The largest absolute Gasteiger partial charge is 0.504 e. The molecule has 31 heavy (non-hydrogen) atoms. The molecule has 1 N–H and O–H groups in total. The van der Waals surface area contributed by atoms with Gasteiger partial charge in [0.05, 0.1) is 13.2 Å². The van der Waals surface area contributed by atoms with Crippen LogP contribution in [0.15, 0.2) is 59.3 Å². The quantitative estimate of drug-likeness (QED) is 0.371. The van der Waals surface area contributed by atoms with Gasteiger partial charge in [-0.3, -0.25) is 19.4 Å². The van der Waals surface area contributed by atoms with Crippen LogP contribution < -0.4 is 4.74 Å². The first-order valence-corrected chi connectivity index (χ1v) is 9.62. The van der Waals surface area contributed by atoms with Crippen LogP contribution in [0.25, 0.3) is 0 Å². The van der Waals surface area contributed by atoms with Crippen LogP contribution in [0.2, 0.25) is 0 Å². The molecule has 0 radical (unpaired) electrons. The Bertz CT molecular complexity index is 1150. The van der Waals surface area contributed by atoms with Crippen molar-refractivity contribution in [1.82, 2.24) is 9.88 Å². The van der Waals surface area contributed by atoms with Crippen molar-refractivity contribution < 1.29 is 28.6 Å². The average molecular weight is 420 g/mol. The molecule has 2 aromatic heterocycles. The van der Waals surface area contributed by atoms with Gasteiger partial charge in [-0.1, -0.05) is 12.1 Å². The molecule has 158 valence electrons. The number of carbonyl (C=O) groups excluding carboxylic acids is 3. The number of ketones is 2. The summed E-state index contributed by atoms with van der Waals surface area (Å²) in [6.07, 6.45) is 3.20. The number of aromatic hydroxyl groups is 1. The number of pyridine rings is 1. The van der Waals surface area contributed by atoms with E-state index in [4.69, 9.17) is 9.15 Å². The highest BCUT2D eigenvalue weighted by Gasteiger charge is 2.52. The van der Waals surface area contributed by atoms with Gasteiger partial charge >= 0.3 is 0 Å². The van der Waals surface area contributed by atoms with Gasteiger partial charge in [-0.05, 0) is 48.4 Å². The molecule has 8 nitrogen and oxygen atoms in total. The van der Waals surface area contributed by atoms with Crippen LogP contribution in [0.5, 0.6) is 11.5 Å². The van der Waals surface area contributed by atoms with E-state index in [1.807, 2.05) is 0 Å². The van der Waals surface area contributed by atoms with E-state index in [9.17, 15) is 19.5 Å². The number of furan rings is 1. The van der Waals surface area contributed by atoms with Gasteiger partial charge in [-0.2, -0.15) is 0 Å². The number of hydrogen-bond acceptors (Lipinski definition) is 7. The van der Waals surface area contributed by atoms with E-state index in [1.54, 1.807) is 43.6 Å². The topological polar surface area (TPSA) is 110 Å². The Morgan fingerprint density at radius 2 is 2.03 bits per heavy atom. The smallest absolute Gasteiger partial charge is 0.291 e. The molecule has 3 heterocycles. The second-order valence-corrected chi connectivity index (χ2v) is 7.29. The van der Waals surface area contributed by atoms with E-state index < -0.39 is 29.4 Å². The number of amides is 1. The molecule has 1 aromatic carbocycles. The number of phenolic OH excluding ortho intramolecular Hbond substituents is 1. The first kappa shape index (κ1) is 20.3. The second kappa shape index (κ2) is 8.06. The van der Waals surface area contributed by atoms with Crippen molar-refractivity contribution in [1.29, 1.82) is 0 Å². The number of aromatic nitrogens is 1. The Morgan fingerprint density at radius 3 is 2.68 bits per heavy atom. The average Bonchev–Trinajstić information content (AvgIpc) is 3.31. The Hall–Kier alpha value is -3.94. The summed E-state index contributed by atoms with van der Waals surface area (Å²) in [6.45, 7) is 1.78. The fraction of sp³-hybridized carbons (Fsp3) is 0.217. The van der Waals surface area contributed by atoms with Crippen molar-refractivity contribution in [2.75, 3.05) is 7.11 Å². The molecule has 2 atom stereocenters. The highest BCUT2D eigenvalue weighted by molar-refractivity contribution is 6.43. The molecule has 0 spiro atoms. The Balaban J connectivity index is 1.81. The zero-order chi connectivity index (χ0) is 22.1. The number of methoxy groups -OCH3 is 1. The molecule has 0 aliphatic carbocycles. The molecule has 1 amide bonds. The molecule has 4 rings (SSSR count). The van der Waals surface area contributed by atoms with Gasteiger partial charge in [0.1, 0.15) is 11.7 Å². The van der Waals surface area contributed by atoms with E-state index in [0.29, 0.717) is 16.9 Å². The Labute approximate surface area is 178 Å². The summed E-state index contributed by atoms with van der Waals surface area (Å²) in [4.78, 5) is 44.6. The summed E-state index contributed by atoms with van der Waals surface area (Å²) >= 11 is 0. The number of hydrogen-bond donors (Lipinski definition) is 1. The highest BCUT2D eigenvalue weighted by Crippen LogP contribution is 2.41. The standard InChI is InChI=1S/C23H20N2O6/c1-13-5-8-17(31-13)21(27)19-20(15-6-7-16(26)18(10-15)30-2)25(23(29)22(19)28)12-14-4-3-9-24-11-14/h3-11,19-20,26H,12H2,1-2H3. The summed E-state index contributed by atoms with van der Waals surface area (Å²) in [5.74, 6) is -2.81. The van der Waals surface area contributed by atoms with Crippen molar-refractivity contribution in [3.05, 3.63) is 77.5 Å². The minimum atomic E-state index is -1.29. The van der Waals surface area contributed by atoms with Gasteiger partial charge in [-0.25, -0.2) is 0 Å². The third-order valence-electron chi connectivity index (χ3n) is 5.29. The maximum absolute atomic E-state index is 13.2. The van der Waals surface area contributed by atoms with Gasteiger partial charge < -0.3 is 19.2 Å². The fourth-order valence-corrected chi connectivity index (χ4v) is 3.82. The summed E-state index contributed by atoms with van der Waals surface area (Å²) < 4.78 is 10.6. The summed E-state index contributed by atoms with van der Waals surface area (Å²) in [7, 11) is 1.39. The minimum Gasteiger partial charge on any atom is -0.504 e. The lowest BCUT2D eigenvalue weighted by Crippen LogP contribution is -2.30. The molecule has 0 bridgehead atoms. The minimum absolute atomic E-state index is 0.0163. The van der Waals surface area contributed by atoms with Gasteiger partial charge in [0.2, 0.25) is 11.6 Å². The predicted molar refractivity (Wildman–Crippen MR) is 108 cm³/mol. The highest BCUT2D eigenvalue weighted by atomic mass is 16.5. The normalized spacial score (nSPS) is 18.5. The van der Waals surface area contributed by atoms with Crippen molar-refractivity contribution in [2.24, 2.45) is 5.92 Å². The number of benzene rings is 1. The number of aryl methyl sites for hydroxylation is 1. The number of Topliss-reactive ketones (excluding diaryl/α,β-unsaturated/α-hetero) is 2. The third-order valence-corrected chi connectivity index (χ3v) is 5.29. The van der Waals surface area contributed by atoms with Gasteiger partial charge in [0.25, 0.3) is 5.91 Å². The first-order valence-electron chi connectivity index (χ1n) is 9.62. The predicted octanol–water partition coefficient (Wildman–Crippen LogP) is 2.85. The Kier molecular flexibility index (Phi) is 5.29.